The zero-order valence-corrected chi connectivity index (χ0v) is 45.1. The second-order valence-corrected chi connectivity index (χ2v) is 19.6. The first kappa shape index (κ1) is 65.4. The van der Waals surface area contributed by atoms with Crippen LogP contribution in [0.25, 0.3) is 0 Å². The molecule has 9 heteroatoms. The number of allylic oxidation sites excluding steroid dienone is 24. The highest BCUT2D eigenvalue weighted by Crippen LogP contribution is 2.43. The van der Waals surface area contributed by atoms with Gasteiger partial charge in [-0.05, 0) is 109 Å². The van der Waals surface area contributed by atoms with Crippen molar-refractivity contribution in [1.82, 2.24) is 0 Å². The van der Waals surface area contributed by atoms with Crippen molar-refractivity contribution in [2.75, 3.05) is 54.1 Å². The monoisotopic (exact) mass is 977 g/mol. The Morgan fingerprint density at radius 1 is 0.449 bits per heavy atom. The first-order chi connectivity index (χ1) is 33.6. The number of quaternary nitrogens is 1. The zero-order chi connectivity index (χ0) is 50.5. The number of esters is 1. The summed E-state index contributed by atoms with van der Waals surface area (Å²) in [6.45, 7) is 5.26. The second-order valence-electron chi connectivity index (χ2n) is 18.1. The first-order valence-corrected chi connectivity index (χ1v) is 28.1. The van der Waals surface area contributed by atoms with E-state index < -0.39 is 13.9 Å². The van der Waals surface area contributed by atoms with E-state index >= 15 is 0 Å². The SMILES string of the molecule is CC/C=C\C/C=C\C/C=C\C/C=C\C/C=C\C/C=C\C/C=C\CCCC(=O)OC(COCCCCCCCCCC/C=C\C/C=C\C/C=C\C/C=C\C/C=C\CC)COP(=O)(O)OCC[N+](C)(C)C. The molecule has 0 aliphatic rings. The molecule has 1 N–H and O–H groups in total. The Hall–Kier alpha value is -3.62. The van der Waals surface area contributed by atoms with Crippen molar-refractivity contribution in [2.45, 2.75) is 174 Å². The fourth-order valence-corrected chi connectivity index (χ4v) is 7.13. The molecule has 0 radical (unpaired) electrons. The van der Waals surface area contributed by atoms with Gasteiger partial charge >= 0.3 is 13.8 Å². The average Bonchev–Trinajstić information content (AvgIpc) is 3.31. The topological polar surface area (TPSA) is 91.3 Å². The number of unbranched alkanes of at least 4 members (excludes halogenated alkanes) is 9. The third-order valence-electron chi connectivity index (χ3n) is 10.4. The van der Waals surface area contributed by atoms with Gasteiger partial charge in [0.25, 0.3) is 0 Å². The Kier molecular flexibility index (Phi) is 48.1. The highest BCUT2D eigenvalue weighted by molar-refractivity contribution is 7.47. The molecule has 2 unspecified atom stereocenters. The summed E-state index contributed by atoms with van der Waals surface area (Å²) in [6, 6.07) is 0. The summed E-state index contributed by atoms with van der Waals surface area (Å²) in [6.07, 6.45) is 76.2. The fraction of sp³-hybridized carbons (Fsp3) is 0.583. The van der Waals surface area contributed by atoms with Crippen molar-refractivity contribution < 1.29 is 37.3 Å². The van der Waals surface area contributed by atoms with E-state index in [1.807, 2.05) is 21.1 Å². The largest absolute Gasteiger partial charge is 0.472 e. The summed E-state index contributed by atoms with van der Waals surface area (Å²) in [7, 11) is 1.60. The van der Waals surface area contributed by atoms with Crippen molar-refractivity contribution in [3.63, 3.8) is 0 Å². The Balaban J connectivity index is 4.30. The van der Waals surface area contributed by atoms with Gasteiger partial charge in [-0.2, -0.15) is 0 Å². The summed E-state index contributed by atoms with van der Waals surface area (Å²) in [5.74, 6) is -0.380. The van der Waals surface area contributed by atoms with E-state index in [4.69, 9.17) is 18.5 Å². The molecule has 0 bridgehead atoms. The molecule has 0 aromatic rings. The number of hydrogen-bond donors (Lipinski definition) is 1. The summed E-state index contributed by atoms with van der Waals surface area (Å²) in [5.41, 5.74) is 0. The lowest BCUT2D eigenvalue weighted by molar-refractivity contribution is -0.870. The number of hydrogen-bond acceptors (Lipinski definition) is 6. The Morgan fingerprint density at radius 2 is 0.797 bits per heavy atom. The molecule has 0 aliphatic heterocycles. The van der Waals surface area contributed by atoms with Gasteiger partial charge in [0.05, 0.1) is 34.4 Å². The van der Waals surface area contributed by atoms with Gasteiger partial charge in [0.1, 0.15) is 19.3 Å². The van der Waals surface area contributed by atoms with Crippen molar-refractivity contribution in [2.24, 2.45) is 0 Å². The Morgan fingerprint density at radius 3 is 1.19 bits per heavy atom. The van der Waals surface area contributed by atoms with Gasteiger partial charge in [0.15, 0.2) is 0 Å². The number of phosphoric ester groups is 1. The smallest absolute Gasteiger partial charge is 0.457 e. The molecule has 0 heterocycles. The molecule has 0 amide bonds. The number of nitrogens with zero attached hydrogens (tertiary/aromatic N) is 1. The van der Waals surface area contributed by atoms with Crippen LogP contribution < -0.4 is 0 Å². The number of ether oxygens (including phenoxy) is 2. The third-order valence-corrected chi connectivity index (χ3v) is 11.4. The van der Waals surface area contributed by atoms with Crippen LogP contribution in [0.5, 0.6) is 0 Å². The maximum Gasteiger partial charge on any atom is 0.472 e. The number of rotatable bonds is 47. The van der Waals surface area contributed by atoms with E-state index in [9.17, 15) is 14.3 Å². The maximum atomic E-state index is 12.8. The van der Waals surface area contributed by atoms with Crippen molar-refractivity contribution >= 4 is 13.8 Å². The van der Waals surface area contributed by atoms with Gasteiger partial charge in [-0.15, -0.1) is 0 Å². The van der Waals surface area contributed by atoms with E-state index in [-0.39, 0.29) is 32.2 Å². The van der Waals surface area contributed by atoms with Crippen LogP contribution in [0.2, 0.25) is 0 Å². The summed E-state index contributed by atoms with van der Waals surface area (Å²) in [4.78, 5) is 23.0. The predicted octanol–water partition coefficient (Wildman–Crippen LogP) is 16.8. The molecule has 390 valence electrons. The zero-order valence-electron chi connectivity index (χ0n) is 44.2. The molecule has 8 nitrogen and oxygen atoms in total. The highest BCUT2D eigenvalue weighted by atomic mass is 31.2. The van der Waals surface area contributed by atoms with Gasteiger partial charge in [-0.1, -0.05) is 198 Å². The third kappa shape index (κ3) is 55.2. The fourth-order valence-electron chi connectivity index (χ4n) is 6.39. The van der Waals surface area contributed by atoms with E-state index in [1.54, 1.807) is 0 Å². The van der Waals surface area contributed by atoms with Gasteiger partial charge in [-0.3, -0.25) is 13.8 Å². The minimum atomic E-state index is -4.31. The van der Waals surface area contributed by atoms with E-state index in [2.05, 4.69) is 160 Å². The number of phosphoric acid groups is 1. The molecule has 0 saturated carbocycles. The lowest BCUT2D eigenvalue weighted by atomic mass is 10.1. The average molecular weight is 977 g/mol. The summed E-state index contributed by atoms with van der Waals surface area (Å²) in [5, 5.41) is 0. The Labute approximate surface area is 423 Å². The second kappa shape index (κ2) is 50.8. The molecule has 0 aromatic carbocycles. The van der Waals surface area contributed by atoms with Crippen LogP contribution in [0.3, 0.4) is 0 Å². The molecule has 0 aliphatic carbocycles. The molecule has 2 atom stereocenters. The molecule has 0 rings (SSSR count). The summed E-state index contributed by atoms with van der Waals surface area (Å²) >= 11 is 0. The molecule has 0 spiro atoms. The van der Waals surface area contributed by atoms with Crippen LogP contribution >= 0.6 is 7.82 Å². The van der Waals surface area contributed by atoms with Crippen molar-refractivity contribution in [3.05, 3.63) is 146 Å². The predicted molar refractivity (Wildman–Crippen MR) is 297 cm³/mol. The number of carbonyl (C=O) groups excluding carboxylic acids is 1. The summed E-state index contributed by atoms with van der Waals surface area (Å²) < 4.78 is 35.1. The maximum absolute atomic E-state index is 12.8. The minimum absolute atomic E-state index is 0.0664. The van der Waals surface area contributed by atoms with Crippen molar-refractivity contribution in [3.8, 4) is 0 Å². The molecule has 0 fully saturated rings. The number of carbonyl (C=O) groups is 1. The first-order valence-electron chi connectivity index (χ1n) is 26.6. The van der Waals surface area contributed by atoms with Gasteiger partial charge < -0.3 is 18.9 Å². The Bertz CT molecular complexity index is 1600. The number of likely N-dealkylation sites (N-methyl/N-ethyl adjacent to an activating group) is 1. The lowest BCUT2D eigenvalue weighted by Gasteiger charge is -2.24. The van der Waals surface area contributed by atoms with Crippen LogP contribution in [0.15, 0.2) is 146 Å². The van der Waals surface area contributed by atoms with E-state index in [0.717, 1.165) is 109 Å². The standard InChI is InChI=1S/C60H98NO7P/c1-6-8-10-12-14-16-18-20-22-24-26-28-30-32-34-36-38-40-42-44-46-48-50-52-55-65-57-59(58-67-69(63,64)66-56-54-61(3,4)5)68-60(62)53-51-49-47-45-43-41-39-37-35-33-31-29-27-25-23-21-19-17-15-13-11-9-7-2/h8-11,14-17,20-23,26-29,32-35,39,41,45,47,59H,6-7,12-13,18-19,24-25,30-31,36-38,40,42-44,46,48-58H2,1-5H3/p+1/b10-8-,11-9-,16-14-,17-15-,22-20-,23-21-,28-26-,29-27-,34-32-,35-33-,41-39-,47-45-. The van der Waals surface area contributed by atoms with E-state index in [0.29, 0.717) is 24.1 Å². The molecule has 0 saturated heterocycles. The normalized spacial score (nSPS) is 14.7. The van der Waals surface area contributed by atoms with Crippen LogP contribution in [0, 0.1) is 0 Å². The van der Waals surface area contributed by atoms with Crippen LogP contribution in [-0.2, 0) is 27.9 Å². The van der Waals surface area contributed by atoms with Crippen LogP contribution in [0.1, 0.15) is 168 Å². The molecular formula is C60H99NO7P+. The van der Waals surface area contributed by atoms with Crippen molar-refractivity contribution in [1.29, 1.82) is 0 Å². The molecular weight excluding hydrogens is 878 g/mol. The van der Waals surface area contributed by atoms with E-state index in [1.165, 1.54) is 32.1 Å². The highest BCUT2D eigenvalue weighted by Gasteiger charge is 2.26. The minimum Gasteiger partial charge on any atom is -0.457 e. The van der Waals surface area contributed by atoms with Gasteiger partial charge in [0, 0.05) is 13.0 Å². The molecule has 0 aromatic heterocycles. The van der Waals surface area contributed by atoms with Crippen LogP contribution in [0.4, 0.5) is 0 Å². The van der Waals surface area contributed by atoms with Crippen LogP contribution in [-0.4, -0.2) is 75.6 Å². The molecule has 69 heavy (non-hydrogen) atoms. The van der Waals surface area contributed by atoms with Gasteiger partial charge in [0.2, 0.25) is 0 Å². The van der Waals surface area contributed by atoms with Gasteiger partial charge in [-0.25, -0.2) is 4.57 Å². The quantitative estimate of drug-likeness (QED) is 0.0214. The lowest BCUT2D eigenvalue weighted by Crippen LogP contribution is -2.37.